The first kappa shape index (κ1) is 20.3. The molecule has 1 saturated heterocycles. The fraction of sp³-hybridized carbons (Fsp3) is 0.765. The molecule has 5 nitrogen and oxygen atoms in total. The number of halogens is 1. The Balaban J connectivity index is 0.00000264. The number of piperidine rings is 1. The molecule has 1 heterocycles. The predicted octanol–water partition coefficient (Wildman–Crippen LogP) is 2.81. The van der Waals surface area contributed by atoms with Crippen molar-refractivity contribution < 1.29 is 9.53 Å². The number of carbonyl (C=O) groups excluding carboxylic acids is 1. The SMILES string of the molecule is CCOC(=O)[C@H]1CCCN(C(=NC)NCC2CC=CCC2)C1.I. The van der Waals surface area contributed by atoms with Crippen LogP contribution in [-0.2, 0) is 9.53 Å². The van der Waals surface area contributed by atoms with Gasteiger partial charge >= 0.3 is 5.97 Å². The molecule has 2 aliphatic rings. The second-order valence-corrected chi connectivity index (χ2v) is 6.12. The molecule has 1 aliphatic carbocycles. The normalized spacial score (nSPS) is 24.8. The van der Waals surface area contributed by atoms with E-state index in [0.717, 1.165) is 38.3 Å². The Morgan fingerprint density at radius 2 is 2.22 bits per heavy atom. The Labute approximate surface area is 157 Å². The number of hydrogen-bond donors (Lipinski definition) is 1. The highest BCUT2D eigenvalue weighted by molar-refractivity contribution is 14.0. The van der Waals surface area contributed by atoms with E-state index in [1.807, 2.05) is 14.0 Å². The summed E-state index contributed by atoms with van der Waals surface area (Å²) in [5, 5.41) is 3.49. The predicted molar refractivity (Wildman–Crippen MR) is 104 cm³/mol. The van der Waals surface area contributed by atoms with Gasteiger partial charge in [0.15, 0.2) is 5.96 Å². The largest absolute Gasteiger partial charge is 0.466 e. The standard InChI is InChI=1S/C17H29N3O2.HI/c1-3-22-16(21)15-10-7-11-20(13-15)17(18-2)19-12-14-8-5-4-6-9-14;/h4-5,14-15H,3,6-13H2,1-2H3,(H,18,19);1H/t14?,15-;/m0./s1. The highest BCUT2D eigenvalue weighted by atomic mass is 127. The number of aliphatic imine (C=N–C) groups is 1. The van der Waals surface area contributed by atoms with E-state index >= 15 is 0 Å². The van der Waals surface area contributed by atoms with E-state index in [1.165, 1.54) is 12.8 Å². The zero-order valence-electron chi connectivity index (χ0n) is 14.3. The maximum atomic E-state index is 11.9. The maximum absolute atomic E-state index is 11.9. The van der Waals surface area contributed by atoms with Gasteiger partial charge in [0.25, 0.3) is 0 Å². The number of likely N-dealkylation sites (tertiary alicyclic amines) is 1. The van der Waals surface area contributed by atoms with Gasteiger partial charge < -0.3 is 15.0 Å². The molecule has 0 amide bonds. The average molecular weight is 435 g/mol. The van der Waals surface area contributed by atoms with Crippen molar-refractivity contribution in [1.29, 1.82) is 0 Å². The third-order valence-corrected chi connectivity index (χ3v) is 4.48. The number of ether oxygens (including phenoxy) is 1. The summed E-state index contributed by atoms with van der Waals surface area (Å²) in [6.45, 7) is 4.94. The summed E-state index contributed by atoms with van der Waals surface area (Å²) in [6.07, 6.45) is 10.0. The molecule has 1 N–H and O–H groups in total. The third-order valence-electron chi connectivity index (χ3n) is 4.48. The zero-order chi connectivity index (χ0) is 15.8. The van der Waals surface area contributed by atoms with Gasteiger partial charge in [0.2, 0.25) is 0 Å². The first-order valence-corrected chi connectivity index (χ1v) is 8.51. The molecule has 6 heteroatoms. The Kier molecular flexibility index (Phi) is 9.59. The molecular formula is C17H30IN3O2. The van der Waals surface area contributed by atoms with E-state index in [4.69, 9.17) is 4.74 Å². The minimum absolute atomic E-state index is 0. The summed E-state index contributed by atoms with van der Waals surface area (Å²) in [4.78, 5) is 18.5. The van der Waals surface area contributed by atoms with Crippen LogP contribution in [0.1, 0.15) is 39.0 Å². The van der Waals surface area contributed by atoms with Gasteiger partial charge in [-0.15, -0.1) is 24.0 Å². The molecule has 0 radical (unpaired) electrons. The van der Waals surface area contributed by atoms with Crippen LogP contribution >= 0.6 is 24.0 Å². The number of rotatable bonds is 4. The van der Waals surface area contributed by atoms with Crippen LogP contribution in [0, 0.1) is 11.8 Å². The molecule has 0 aromatic heterocycles. The Hall–Kier alpha value is -0.790. The maximum Gasteiger partial charge on any atom is 0.310 e. The van der Waals surface area contributed by atoms with Crippen LogP contribution < -0.4 is 5.32 Å². The lowest BCUT2D eigenvalue weighted by Crippen LogP contribution is -2.49. The molecule has 1 fully saturated rings. The molecule has 1 unspecified atom stereocenters. The monoisotopic (exact) mass is 435 g/mol. The molecule has 0 bridgehead atoms. The molecule has 0 saturated carbocycles. The first-order valence-electron chi connectivity index (χ1n) is 8.51. The van der Waals surface area contributed by atoms with E-state index in [-0.39, 0.29) is 35.9 Å². The van der Waals surface area contributed by atoms with Crippen molar-refractivity contribution in [1.82, 2.24) is 10.2 Å². The van der Waals surface area contributed by atoms with Gasteiger partial charge in [-0.3, -0.25) is 9.79 Å². The number of carbonyl (C=O) groups is 1. The number of hydrogen-bond acceptors (Lipinski definition) is 3. The van der Waals surface area contributed by atoms with Gasteiger partial charge in [0, 0.05) is 26.7 Å². The molecule has 0 spiro atoms. The lowest BCUT2D eigenvalue weighted by atomic mass is 9.94. The van der Waals surface area contributed by atoms with Gasteiger partial charge in [-0.1, -0.05) is 12.2 Å². The van der Waals surface area contributed by atoms with Crippen LogP contribution in [0.3, 0.4) is 0 Å². The van der Waals surface area contributed by atoms with Crippen molar-refractivity contribution in [3.8, 4) is 0 Å². The lowest BCUT2D eigenvalue weighted by molar-refractivity contribution is -0.149. The molecule has 1 aliphatic heterocycles. The van der Waals surface area contributed by atoms with E-state index in [2.05, 4.69) is 27.4 Å². The smallest absolute Gasteiger partial charge is 0.310 e. The quantitative estimate of drug-likeness (QED) is 0.243. The van der Waals surface area contributed by atoms with E-state index < -0.39 is 0 Å². The summed E-state index contributed by atoms with van der Waals surface area (Å²) in [6, 6.07) is 0. The van der Waals surface area contributed by atoms with Crippen molar-refractivity contribution in [2.75, 3.05) is 33.3 Å². The minimum atomic E-state index is -0.0694. The summed E-state index contributed by atoms with van der Waals surface area (Å²) >= 11 is 0. The van der Waals surface area contributed by atoms with E-state index in [1.54, 1.807) is 0 Å². The van der Waals surface area contributed by atoms with Gasteiger partial charge in [-0.05, 0) is 44.9 Å². The van der Waals surface area contributed by atoms with Gasteiger partial charge in [0.1, 0.15) is 0 Å². The van der Waals surface area contributed by atoms with E-state index in [9.17, 15) is 4.79 Å². The van der Waals surface area contributed by atoms with Gasteiger partial charge in [0.05, 0.1) is 12.5 Å². The topological polar surface area (TPSA) is 53.9 Å². The molecule has 23 heavy (non-hydrogen) atoms. The molecule has 0 aromatic carbocycles. The summed E-state index contributed by atoms with van der Waals surface area (Å²) in [5.74, 6) is 1.51. The number of allylic oxidation sites excluding steroid dienone is 2. The second kappa shape index (κ2) is 10.9. The number of esters is 1. The molecule has 2 atom stereocenters. The molecular weight excluding hydrogens is 405 g/mol. The van der Waals surface area contributed by atoms with Crippen molar-refractivity contribution in [3.63, 3.8) is 0 Å². The summed E-state index contributed by atoms with van der Waals surface area (Å²) in [5.41, 5.74) is 0. The van der Waals surface area contributed by atoms with Crippen molar-refractivity contribution in [2.24, 2.45) is 16.8 Å². The third kappa shape index (κ3) is 6.31. The molecule has 2 rings (SSSR count). The Morgan fingerprint density at radius 1 is 1.39 bits per heavy atom. The second-order valence-electron chi connectivity index (χ2n) is 6.12. The highest BCUT2D eigenvalue weighted by Crippen LogP contribution is 2.19. The number of guanidine groups is 1. The van der Waals surface area contributed by atoms with Crippen molar-refractivity contribution >= 4 is 35.9 Å². The summed E-state index contributed by atoms with van der Waals surface area (Å²) < 4.78 is 5.16. The zero-order valence-corrected chi connectivity index (χ0v) is 16.6. The lowest BCUT2D eigenvalue weighted by Gasteiger charge is -2.34. The number of nitrogens with zero attached hydrogens (tertiary/aromatic N) is 2. The van der Waals surface area contributed by atoms with E-state index in [0.29, 0.717) is 19.1 Å². The van der Waals surface area contributed by atoms with Gasteiger partial charge in [-0.2, -0.15) is 0 Å². The van der Waals surface area contributed by atoms with Crippen LogP contribution in [-0.4, -0.2) is 50.1 Å². The van der Waals surface area contributed by atoms with Crippen molar-refractivity contribution in [3.05, 3.63) is 12.2 Å². The Bertz CT molecular complexity index is 426. The fourth-order valence-corrected chi connectivity index (χ4v) is 3.23. The number of nitrogens with one attached hydrogen (secondary N) is 1. The fourth-order valence-electron chi connectivity index (χ4n) is 3.23. The van der Waals surface area contributed by atoms with Crippen molar-refractivity contribution in [2.45, 2.75) is 39.0 Å². The average Bonchev–Trinajstić information content (AvgIpc) is 2.57. The van der Waals surface area contributed by atoms with Crippen LogP contribution in [0.4, 0.5) is 0 Å². The Morgan fingerprint density at radius 3 is 2.87 bits per heavy atom. The minimum Gasteiger partial charge on any atom is -0.466 e. The van der Waals surface area contributed by atoms with Crippen LogP contribution in [0.15, 0.2) is 17.1 Å². The van der Waals surface area contributed by atoms with Crippen LogP contribution in [0.2, 0.25) is 0 Å². The van der Waals surface area contributed by atoms with Gasteiger partial charge in [-0.25, -0.2) is 0 Å². The first-order chi connectivity index (χ1) is 10.7. The summed E-state index contributed by atoms with van der Waals surface area (Å²) in [7, 11) is 1.82. The van der Waals surface area contributed by atoms with Crippen LogP contribution in [0.5, 0.6) is 0 Å². The van der Waals surface area contributed by atoms with Crippen LogP contribution in [0.25, 0.3) is 0 Å². The molecule has 132 valence electrons. The highest BCUT2D eigenvalue weighted by Gasteiger charge is 2.28. The molecule has 0 aromatic rings.